The fraction of sp³-hybridized carbons (Fsp3) is 0.632. The maximum atomic E-state index is 13.3. The smallest absolute Gasteiger partial charge is 0.242 e. The van der Waals surface area contributed by atoms with E-state index in [1.54, 1.807) is 0 Å². The van der Waals surface area contributed by atoms with Crippen LogP contribution in [0.1, 0.15) is 130 Å². The summed E-state index contributed by atoms with van der Waals surface area (Å²) < 4.78 is 2.06. The quantitative estimate of drug-likeness (QED) is 0.108. The molecule has 2 atom stereocenters. The first-order valence-electron chi connectivity index (χ1n) is 17.6. The van der Waals surface area contributed by atoms with E-state index in [1.165, 1.54) is 89.9 Å². The summed E-state index contributed by atoms with van der Waals surface area (Å²) >= 11 is 0. The van der Waals surface area contributed by atoms with Crippen LogP contribution in [0.4, 0.5) is 0 Å². The Balaban J connectivity index is 1.30. The lowest BCUT2D eigenvalue weighted by molar-refractivity contribution is -0.130. The number of carbonyl (C=O) groups excluding carboxylic acids is 2. The summed E-state index contributed by atoms with van der Waals surface area (Å²) in [5.41, 5.74) is 2.07. The molecule has 0 bridgehead atoms. The number of rotatable bonds is 23. The lowest BCUT2D eigenvalue weighted by Gasteiger charge is -2.24. The van der Waals surface area contributed by atoms with Crippen LogP contribution in [0.2, 0.25) is 0 Å². The van der Waals surface area contributed by atoms with Crippen LogP contribution < -0.4 is 10.6 Å². The van der Waals surface area contributed by atoms with Crippen LogP contribution >= 0.6 is 0 Å². The zero-order chi connectivity index (χ0) is 30.7. The molecular formula is C38H59N3O2. The summed E-state index contributed by atoms with van der Waals surface area (Å²) in [4.78, 5) is 26.4. The van der Waals surface area contributed by atoms with Crippen molar-refractivity contribution in [3.8, 4) is 0 Å². The van der Waals surface area contributed by atoms with Gasteiger partial charge in [-0.3, -0.25) is 9.59 Å². The van der Waals surface area contributed by atoms with Crippen LogP contribution in [0.15, 0.2) is 48.5 Å². The third-order valence-electron chi connectivity index (χ3n) is 9.12. The molecule has 43 heavy (non-hydrogen) atoms. The molecule has 1 aromatic heterocycles. The number of unbranched alkanes of at least 4 members (excludes halogenated alkanes) is 15. The van der Waals surface area contributed by atoms with Crippen molar-refractivity contribution in [1.82, 2.24) is 15.2 Å². The number of hydrogen-bond donors (Lipinski definition) is 2. The Bertz CT molecular complexity index is 1160. The van der Waals surface area contributed by atoms with Gasteiger partial charge in [0.05, 0.1) is 0 Å². The van der Waals surface area contributed by atoms with Gasteiger partial charge in [-0.25, -0.2) is 0 Å². The van der Waals surface area contributed by atoms with Crippen molar-refractivity contribution in [2.24, 2.45) is 5.92 Å². The molecule has 0 aliphatic rings. The van der Waals surface area contributed by atoms with Crippen molar-refractivity contribution in [3.05, 3.63) is 48.5 Å². The molecule has 3 rings (SSSR count). The van der Waals surface area contributed by atoms with Crippen LogP contribution in [-0.4, -0.2) is 29.0 Å². The predicted octanol–water partition coefficient (Wildman–Crippen LogP) is 9.70. The second-order valence-electron chi connectivity index (χ2n) is 12.6. The number of para-hydroxylation sites is 2. The number of aromatic nitrogens is 1. The van der Waals surface area contributed by atoms with Gasteiger partial charge in [0.2, 0.25) is 11.8 Å². The van der Waals surface area contributed by atoms with Gasteiger partial charge in [0.25, 0.3) is 0 Å². The molecule has 2 amide bonds. The monoisotopic (exact) mass is 589 g/mol. The number of hydrogen-bond acceptors (Lipinski definition) is 2. The van der Waals surface area contributed by atoms with Crippen molar-refractivity contribution in [3.63, 3.8) is 0 Å². The summed E-state index contributed by atoms with van der Waals surface area (Å²) in [6.07, 6.45) is 22.2. The molecule has 2 aromatic carbocycles. The third-order valence-corrected chi connectivity index (χ3v) is 9.12. The molecule has 0 spiro atoms. The van der Waals surface area contributed by atoms with E-state index < -0.39 is 6.04 Å². The Morgan fingerprint density at radius 3 is 1.56 bits per heavy atom. The fourth-order valence-electron chi connectivity index (χ4n) is 6.23. The van der Waals surface area contributed by atoms with E-state index in [0.29, 0.717) is 6.54 Å². The van der Waals surface area contributed by atoms with E-state index in [2.05, 4.69) is 53.3 Å². The van der Waals surface area contributed by atoms with Gasteiger partial charge < -0.3 is 15.2 Å². The van der Waals surface area contributed by atoms with E-state index in [4.69, 9.17) is 0 Å². The van der Waals surface area contributed by atoms with Gasteiger partial charge in [0.15, 0.2) is 0 Å². The lowest BCUT2D eigenvalue weighted by atomic mass is 9.98. The summed E-state index contributed by atoms with van der Waals surface area (Å²) in [5.74, 6) is -0.131. The Hall–Kier alpha value is -2.82. The zero-order valence-electron chi connectivity index (χ0n) is 27.5. The minimum absolute atomic E-state index is 0.0629. The molecule has 1 unspecified atom stereocenters. The highest BCUT2D eigenvalue weighted by atomic mass is 16.2. The molecule has 1 heterocycles. The Morgan fingerprint density at radius 1 is 0.651 bits per heavy atom. The summed E-state index contributed by atoms with van der Waals surface area (Å²) in [7, 11) is 0. The van der Waals surface area contributed by atoms with Gasteiger partial charge in [-0.1, -0.05) is 160 Å². The molecule has 0 saturated carbocycles. The number of nitrogens with one attached hydrogen (secondary N) is 2. The van der Waals surface area contributed by atoms with E-state index >= 15 is 0 Å². The van der Waals surface area contributed by atoms with Crippen LogP contribution in [0.5, 0.6) is 0 Å². The molecule has 3 aromatic rings. The molecule has 0 saturated heterocycles. The normalized spacial score (nSPS) is 12.9. The summed E-state index contributed by atoms with van der Waals surface area (Å²) in [5, 5.41) is 8.46. The lowest BCUT2D eigenvalue weighted by Crippen LogP contribution is -2.51. The number of amides is 2. The predicted molar refractivity (Wildman–Crippen MR) is 183 cm³/mol. The van der Waals surface area contributed by atoms with Gasteiger partial charge in [-0.15, -0.1) is 0 Å². The standard InChI is InChI=1S/C38H59N3O2/c1-4-6-7-8-9-10-11-12-13-14-15-16-17-18-19-24-29-39-38(43)37(31(3)5-2)40-36(42)30-41-34-27-22-20-25-32(34)33-26-21-23-28-35(33)41/h20-23,25-28,31,37H,4-19,24,29-30H2,1-3H3,(H,39,43)(H,40,42)/t31?,37-/m0/s1. The maximum absolute atomic E-state index is 13.3. The van der Waals surface area contributed by atoms with Crippen LogP contribution in [0.25, 0.3) is 21.8 Å². The Labute approximate surface area is 261 Å². The maximum Gasteiger partial charge on any atom is 0.242 e. The first kappa shape index (κ1) is 34.7. The van der Waals surface area contributed by atoms with Crippen molar-refractivity contribution in [1.29, 1.82) is 0 Å². The number of fused-ring (bicyclic) bond motifs is 3. The first-order chi connectivity index (χ1) is 21.1. The minimum Gasteiger partial charge on any atom is -0.354 e. The van der Waals surface area contributed by atoms with Gasteiger partial charge in [0.1, 0.15) is 12.6 Å². The van der Waals surface area contributed by atoms with Gasteiger partial charge in [0, 0.05) is 28.4 Å². The SMILES string of the molecule is CCCCCCCCCCCCCCCCCCNC(=O)[C@@H](NC(=O)Cn1c2ccccc2c2ccccc21)C(C)CC. The third kappa shape index (κ3) is 11.7. The van der Waals surface area contributed by atoms with E-state index in [1.807, 2.05) is 31.2 Å². The number of carbonyl (C=O) groups is 2. The molecule has 0 fully saturated rings. The molecule has 5 nitrogen and oxygen atoms in total. The largest absolute Gasteiger partial charge is 0.354 e. The van der Waals surface area contributed by atoms with Gasteiger partial charge in [-0.05, 0) is 24.5 Å². The Kier molecular flexibility index (Phi) is 16.3. The summed E-state index contributed by atoms with van der Waals surface area (Å²) in [6.45, 7) is 7.25. The van der Waals surface area contributed by atoms with Crippen LogP contribution in [-0.2, 0) is 16.1 Å². The zero-order valence-corrected chi connectivity index (χ0v) is 27.5. The second kappa shape index (κ2) is 20.2. The van der Waals surface area contributed by atoms with E-state index in [0.717, 1.165) is 41.1 Å². The van der Waals surface area contributed by atoms with Gasteiger partial charge in [-0.2, -0.15) is 0 Å². The molecular weight excluding hydrogens is 530 g/mol. The molecule has 238 valence electrons. The average molecular weight is 590 g/mol. The molecule has 0 aliphatic heterocycles. The van der Waals surface area contributed by atoms with Gasteiger partial charge >= 0.3 is 0 Å². The molecule has 0 aliphatic carbocycles. The topological polar surface area (TPSA) is 63.1 Å². The van der Waals surface area contributed by atoms with Crippen molar-refractivity contribution >= 4 is 33.6 Å². The van der Waals surface area contributed by atoms with Crippen molar-refractivity contribution < 1.29 is 9.59 Å². The summed E-state index contributed by atoms with van der Waals surface area (Å²) in [6, 6.07) is 15.8. The van der Waals surface area contributed by atoms with Crippen molar-refractivity contribution in [2.45, 2.75) is 143 Å². The molecule has 2 N–H and O–H groups in total. The average Bonchev–Trinajstić information content (AvgIpc) is 3.34. The van der Waals surface area contributed by atoms with E-state index in [9.17, 15) is 9.59 Å². The number of benzene rings is 2. The number of nitrogens with zero attached hydrogens (tertiary/aromatic N) is 1. The molecule has 5 heteroatoms. The highest BCUT2D eigenvalue weighted by Crippen LogP contribution is 2.28. The second-order valence-corrected chi connectivity index (χ2v) is 12.6. The van der Waals surface area contributed by atoms with E-state index in [-0.39, 0.29) is 24.3 Å². The highest BCUT2D eigenvalue weighted by Gasteiger charge is 2.26. The Morgan fingerprint density at radius 2 is 1.09 bits per heavy atom. The minimum atomic E-state index is -0.522. The highest BCUT2D eigenvalue weighted by molar-refractivity contribution is 6.08. The van der Waals surface area contributed by atoms with Crippen LogP contribution in [0, 0.1) is 5.92 Å². The van der Waals surface area contributed by atoms with Crippen LogP contribution in [0.3, 0.4) is 0 Å². The van der Waals surface area contributed by atoms with Crippen molar-refractivity contribution in [2.75, 3.05) is 6.54 Å². The fourth-order valence-corrected chi connectivity index (χ4v) is 6.23. The first-order valence-corrected chi connectivity index (χ1v) is 17.6. The molecule has 0 radical (unpaired) electrons.